The fraction of sp³-hybridized carbons (Fsp3) is 0.0909. The second-order valence-electron chi connectivity index (χ2n) is 2.97. The molecule has 0 saturated carbocycles. The molecular formula is C11H12FN. The van der Waals surface area contributed by atoms with Crippen LogP contribution in [-0.2, 0) is 0 Å². The molecule has 0 atom stereocenters. The van der Waals surface area contributed by atoms with Crippen LogP contribution in [0.5, 0.6) is 0 Å². The minimum absolute atomic E-state index is 0. The molecule has 0 radical (unpaired) electrons. The summed E-state index contributed by atoms with van der Waals surface area (Å²) in [7, 11) is 0. The lowest BCUT2D eigenvalue weighted by molar-refractivity contribution is 0.639. The summed E-state index contributed by atoms with van der Waals surface area (Å²) in [5, 5.41) is 1.66. The molecule has 0 aromatic heterocycles. The highest BCUT2D eigenvalue weighted by atomic mass is 19.1. The molecule has 2 aromatic rings. The van der Waals surface area contributed by atoms with E-state index in [0.717, 1.165) is 10.9 Å². The molecule has 3 N–H and O–H groups in total. The molecule has 0 saturated heterocycles. The van der Waals surface area contributed by atoms with Crippen LogP contribution in [0.3, 0.4) is 0 Å². The number of hydrogen-bond acceptors (Lipinski definition) is 1. The van der Waals surface area contributed by atoms with E-state index in [1.54, 1.807) is 12.1 Å². The van der Waals surface area contributed by atoms with Gasteiger partial charge in [-0.05, 0) is 23.9 Å². The first-order chi connectivity index (χ1) is 5.77. The predicted octanol–water partition coefficient (Wildman–Crippen LogP) is 3.45. The molecule has 68 valence electrons. The van der Waals surface area contributed by atoms with E-state index < -0.39 is 0 Å². The first kappa shape index (κ1) is 9.68. The minimum atomic E-state index is -0.134. The van der Waals surface area contributed by atoms with Crippen molar-refractivity contribution in [3.63, 3.8) is 0 Å². The Bertz CT molecular complexity index is 423. The Balaban J connectivity index is 0.000000845. The van der Waals surface area contributed by atoms with Crippen molar-refractivity contribution in [2.75, 3.05) is 0 Å². The normalized spacial score (nSPS) is 9.69. The number of fused-ring (bicyclic) bond motifs is 1. The predicted molar refractivity (Wildman–Crippen MR) is 53.7 cm³/mol. The van der Waals surface area contributed by atoms with Crippen LogP contribution in [0.1, 0.15) is 5.56 Å². The highest BCUT2D eigenvalue weighted by Crippen LogP contribution is 2.18. The van der Waals surface area contributed by atoms with E-state index in [0.29, 0.717) is 5.39 Å². The van der Waals surface area contributed by atoms with E-state index >= 15 is 0 Å². The average Bonchev–Trinajstić information content (AvgIpc) is 2.04. The molecule has 2 heteroatoms. The van der Waals surface area contributed by atoms with Crippen LogP contribution in [0.15, 0.2) is 36.4 Å². The third-order valence-electron chi connectivity index (χ3n) is 1.96. The maximum absolute atomic E-state index is 13.2. The van der Waals surface area contributed by atoms with E-state index in [2.05, 4.69) is 0 Å². The van der Waals surface area contributed by atoms with Gasteiger partial charge in [-0.25, -0.2) is 4.39 Å². The van der Waals surface area contributed by atoms with E-state index in [-0.39, 0.29) is 12.0 Å². The molecule has 0 amide bonds. The van der Waals surface area contributed by atoms with Crippen molar-refractivity contribution in [2.24, 2.45) is 0 Å². The van der Waals surface area contributed by atoms with Crippen LogP contribution >= 0.6 is 0 Å². The van der Waals surface area contributed by atoms with Crippen molar-refractivity contribution in [2.45, 2.75) is 6.92 Å². The van der Waals surface area contributed by atoms with Gasteiger partial charge >= 0.3 is 0 Å². The van der Waals surface area contributed by atoms with Crippen molar-refractivity contribution >= 4 is 10.8 Å². The standard InChI is InChI=1S/C11H9F.H3N/c1-8-6-9-4-2-3-5-10(9)11(12)7-8;/h2-7H,1H3;1H3. The molecule has 0 unspecified atom stereocenters. The van der Waals surface area contributed by atoms with Crippen LogP contribution in [0.4, 0.5) is 4.39 Å². The molecule has 1 nitrogen and oxygen atoms in total. The van der Waals surface area contributed by atoms with Crippen molar-refractivity contribution in [1.82, 2.24) is 6.15 Å². The molecule has 0 bridgehead atoms. The maximum Gasteiger partial charge on any atom is 0.131 e. The summed E-state index contributed by atoms with van der Waals surface area (Å²) in [6, 6.07) is 11.0. The summed E-state index contributed by atoms with van der Waals surface area (Å²) in [4.78, 5) is 0. The van der Waals surface area contributed by atoms with Crippen molar-refractivity contribution in [3.8, 4) is 0 Å². The summed E-state index contributed by atoms with van der Waals surface area (Å²) in [6.07, 6.45) is 0. The van der Waals surface area contributed by atoms with Crippen LogP contribution in [-0.4, -0.2) is 0 Å². The first-order valence-electron chi connectivity index (χ1n) is 3.92. The molecule has 0 fully saturated rings. The number of halogens is 1. The molecule has 0 heterocycles. The molecule has 2 aromatic carbocycles. The van der Waals surface area contributed by atoms with Crippen LogP contribution in [0, 0.1) is 12.7 Å². The Morgan fingerprint density at radius 2 is 1.77 bits per heavy atom. The summed E-state index contributed by atoms with van der Waals surface area (Å²) in [5.41, 5.74) is 0.964. The number of rotatable bonds is 0. The van der Waals surface area contributed by atoms with Crippen molar-refractivity contribution < 1.29 is 4.39 Å². The van der Waals surface area contributed by atoms with E-state index in [9.17, 15) is 4.39 Å². The minimum Gasteiger partial charge on any atom is -0.344 e. The molecule has 0 aliphatic rings. The lowest BCUT2D eigenvalue weighted by Gasteiger charge is -1.99. The van der Waals surface area contributed by atoms with Gasteiger partial charge in [-0.3, -0.25) is 0 Å². The molecular weight excluding hydrogens is 165 g/mol. The quantitative estimate of drug-likeness (QED) is 0.657. The smallest absolute Gasteiger partial charge is 0.131 e. The number of benzene rings is 2. The van der Waals surface area contributed by atoms with E-state index in [1.165, 1.54) is 0 Å². The maximum atomic E-state index is 13.2. The average molecular weight is 177 g/mol. The third kappa shape index (κ3) is 1.68. The fourth-order valence-corrected chi connectivity index (χ4v) is 1.40. The van der Waals surface area contributed by atoms with Gasteiger partial charge in [0.1, 0.15) is 5.82 Å². The van der Waals surface area contributed by atoms with Crippen molar-refractivity contribution in [1.29, 1.82) is 0 Å². The molecule has 13 heavy (non-hydrogen) atoms. The number of hydrogen-bond donors (Lipinski definition) is 1. The molecule has 2 rings (SSSR count). The fourth-order valence-electron chi connectivity index (χ4n) is 1.40. The molecule has 0 aliphatic heterocycles. The van der Waals surface area contributed by atoms with Gasteiger partial charge in [-0.1, -0.05) is 30.3 Å². The second-order valence-corrected chi connectivity index (χ2v) is 2.97. The summed E-state index contributed by atoms with van der Waals surface area (Å²) < 4.78 is 13.2. The third-order valence-corrected chi connectivity index (χ3v) is 1.96. The van der Waals surface area contributed by atoms with Crippen molar-refractivity contribution in [3.05, 3.63) is 47.8 Å². The van der Waals surface area contributed by atoms with Gasteiger partial charge in [0, 0.05) is 5.39 Å². The molecule has 0 aliphatic carbocycles. The Morgan fingerprint density at radius 1 is 1.08 bits per heavy atom. The van der Waals surface area contributed by atoms with Gasteiger partial charge in [0.15, 0.2) is 0 Å². The summed E-state index contributed by atoms with van der Waals surface area (Å²) >= 11 is 0. The Labute approximate surface area is 76.8 Å². The van der Waals surface area contributed by atoms with E-state index in [1.807, 2.05) is 31.2 Å². The highest BCUT2D eigenvalue weighted by Gasteiger charge is 1.99. The topological polar surface area (TPSA) is 35.0 Å². The second kappa shape index (κ2) is 3.54. The van der Waals surface area contributed by atoms with Gasteiger partial charge in [0.05, 0.1) is 0 Å². The van der Waals surface area contributed by atoms with Crippen LogP contribution in [0.25, 0.3) is 10.8 Å². The SMILES string of the molecule is Cc1cc(F)c2ccccc2c1.N. The Hall–Kier alpha value is -1.41. The van der Waals surface area contributed by atoms with Gasteiger partial charge < -0.3 is 6.15 Å². The monoisotopic (exact) mass is 177 g/mol. The Morgan fingerprint density at radius 3 is 2.54 bits per heavy atom. The van der Waals surface area contributed by atoms with E-state index in [4.69, 9.17) is 0 Å². The lowest BCUT2D eigenvalue weighted by Crippen LogP contribution is -1.81. The first-order valence-corrected chi connectivity index (χ1v) is 3.92. The van der Waals surface area contributed by atoms with Crippen LogP contribution in [0.2, 0.25) is 0 Å². The Kier molecular flexibility index (Phi) is 2.63. The van der Waals surface area contributed by atoms with Crippen LogP contribution < -0.4 is 6.15 Å². The van der Waals surface area contributed by atoms with Gasteiger partial charge in [0.25, 0.3) is 0 Å². The summed E-state index contributed by atoms with van der Waals surface area (Å²) in [6.45, 7) is 1.90. The number of aryl methyl sites for hydroxylation is 1. The largest absolute Gasteiger partial charge is 0.344 e. The zero-order valence-electron chi connectivity index (χ0n) is 7.55. The zero-order valence-corrected chi connectivity index (χ0v) is 7.55. The van der Waals surface area contributed by atoms with Gasteiger partial charge in [0.2, 0.25) is 0 Å². The zero-order chi connectivity index (χ0) is 8.55. The van der Waals surface area contributed by atoms with Gasteiger partial charge in [-0.2, -0.15) is 0 Å². The van der Waals surface area contributed by atoms with Gasteiger partial charge in [-0.15, -0.1) is 0 Å². The highest BCUT2D eigenvalue weighted by molar-refractivity contribution is 5.83. The molecule has 0 spiro atoms. The summed E-state index contributed by atoms with van der Waals surface area (Å²) in [5.74, 6) is -0.134. The lowest BCUT2D eigenvalue weighted by atomic mass is 10.1.